The van der Waals surface area contributed by atoms with Crippen LogP contribution in [-0.2, 0) is 6.54 Å². The van der Waals surface area contributed by atoms with E-state index < -0.39 is 0 Å². The van der Waals surface area contributed by atoms with Gasteiger partial charge in [-0.15, -0.1) is 0 Å². The summed E-state index contributed by atoms with van der Waals surface area (Å²) in [6.07, 6.45) is 3.40. The van der Waals surface area contributed by atoms with Gasteiger partial charge in [0.2, 0.25) is 0 Å². The van der Waals surface area contributed by atoms with E-state index in [0.29, 0.717) is 12.1 Å². The first-order chi connectivity index (χ1) is 10.1. The van der Waals surface area contributed by atoms with Crippen molar-refractivity contribution in [1.82, 2.24) is 20.6 Å². The molecule has 110 valence electrons. The Morgan fingerprint density at radius 1 is 1.19 bits per heavy atom. The van der Waals surface area contributed by atoms with E-state index >= 15 is 0 Å². The van der Waals surface area contributed by atoms with Gasteiger partial charge < -0.3 is 10.6 Å². The van der Waals surface area contributed by atoms with E-state index in [0.717, 1.165) is 17.0 Å². The van der Waals surface area contributed by atoms with Crippen molar-refractivity contribution in [2.75, 3.05) is 7.05 Å². The number of nitrogens with one attached hydrogen (secondary N) is 2. The second-order valence-corrected chi connectivity index (χ2v) is 4.91. The second-order valence-electron chi connectivity index (χ2n) is 4.91. The van der Waals surface area contributed by atoms with Crippen molar-refractivity contribution < 1.29 is 4.79 Å². The molecule has 1 unspecified atom stereocenters. The lowest BCUT2D eigenvalue weighted by molar-refractivity contribution is 0.0963. The predicted molar refractivity (Wildman–Crippen MR) is 81.9 cm³/mol. The molecule has 0 radical (unpaired) electrons. The molecule has 1 atom stereocenters. The fourth-order valence-electron chi connectivity index (χ4n) is 2.13. The minimum atomic E-state index is -0.0712. The molecule has 21 heavy (non-hydrogen) atoms. The van der Waals surface area contributed by atoms with Crippen LogP contribution in [0, 0.1) is 6.92 Å². The first kappa shape index (κ1) is 15.1. The Labute approximate surface area is 124 Å². The summed E-state index contributed by atoms with van der Waals surface area (Å²) in [6.45, 7) is 4.74. The molecule has 0 aliphatic heterocycles. The minimum absolute atomic E-state index is 0.0712. The second kappa shape index (κ2) is 6.95. The third-order valence-corrected chi connectivity index (χ3v) is 3.38. The molecule has 0 saturated heterocycles. The number of hydrogen-bond donors (Lipinski definition) is 2. The molecule has 5 heteroatoms. The van der Waals surface area contributed by atoms with Gasteiger partial charge in [0, 0.05) is 37.6 Å². The van der Waals surface area contributed by atoms with Gasteiger partial charge in [0.25, 0.3) is 5.91 Å². The molecule has 0 aliphatic rings. The lowest BCUT2D eigenvalue weighted by Crippen LogP contribution is -2.21. The van der Waals surface area contributed by atoms with Gasteiger partial charge in [-0.05, 0) is 31.5 Å². The van der Waals surface area contributed by atoms with E-state index in [-0.39, 0.29) is 11.9 Å². The summed E-state index contributed by atoms with van der Waals surface area (Å²) >= 11 is 0. The zero-order valence-corrected chi connectivity index (χ0v) is 12.6. The van der Waals surface area contributed by atoms with Crippen LogP contribution in [0.25, 0.3) is 0 Å². The van der Waals surface area contributed by atoms with Crippen LogP contribution in [0.3, 0.4) is 0 Å². The van der Waals surface area contributed by atoms with Gasteiger partial charge in [0.1, 0.15) is 0 Å². The number of carbonyl (C=O) groups is 1. The Morgan fingerprint density at radius 2 is 1.86 bits per heavy atom. The van der Waals surface area contributed by atoms with Crippen LogP contribution in [0.2, 0.25) is 0 Å². The average molecular weight is 284 g/mol. The van der Waals surface area contributed by atoms with Crippen LogP contribution in [0.5, 0.6) is 0 Å². The summed E-state index contributed by atoms with van der Waals surface area (Å²) in [4.78, 5) is 20.1. The first-order valence-corrected chi connectivity index (χ1v) is 6.93. The number of aromatic nitrogens is 2. The minimum Gasteiger partial charge on any atom is -0.355 e. The molecule has 1 aromatic heterocycles. The molecule has 0 aliphatic carbocycles. The zero-order chi connectivity index (χ0) is 15.2. The molecule has 2 N–H and O–H groups in total. The lowest BCUT2D eigenvalue weighted by atomic mass is 10.1. The van der Waals surface area contributed by atoms with Crippen LogP contribution in [0.4, 0.5) is 0 Å². The number of aryl methyl sites for hydroxylation is 1. The van der Waals surface area contributed by atoms with Gasteiger partial charge in [0.05, 0.1) is 11.4 Å². The van der Waals surface area contributed by atoms with Crippen molar-refractivity contribution in [2.24, 2.45) is 0 Å². The number of hydrogen-bond acceptors (Lipinski definition) is 4. The summed E-state index contributed by atoms with van der Waals surface area (Å²) in [5, 5.41) is 6.02. The molecule has 5 nitrogen and oxygen atoms in total. The van der Waals surface area contributed by atoms with Crippen LogP contribution in [-0.4, -0.2) is 22.9 Å². The first-order valence-electron chi connectivity index (χ1n) is 6.93. The zero-order valence-electron chi connectivity index (χ0n) is 12.6. The fourth-order valence-corrected chi connectivity index (χ4v) is 2.13. The standard InChI is InChI=1S/C16H20N4O/c1-11-15(19-9-8-18-11)12(2)20-10-13-4-6-14(7-5-13)16(21)17-3/h4-9,12,20H,10H2,1-3H3,(H,17,21). The third kappa shape index (κ3) is 3.86. The van der Waals surface area contributed by atoms with Gasteiger partial charge in [-0.25, -0.2) is 0 Å². The van der Waals surface area contributed by atoms with Gasteiger partial charge in [0.15, 0.2) is 0 Å². The summed E-state index contributed by atoms with van der Waals surface area (Å²) < 4.78 is 0. The third-order valence-electron chi connectivity index (χ3n) is 3.38. The van der Waals surface area contributed by atoms with Gasteiger partial charge >= 0.3 is 0 Å². The average Bonchev–Trinajstić information content (AvgIpc) is 2.52. The molecular weight excluding hydrogens is 264 g/mol. The maximum atomic E-state index is 11.5. The van der Waals surface area contributed by atoms with E-state index in [9.17, 15) is 4.79 Å². The molecular formula is C16H20N4O. The molecule has 2 rings (SSSR count). The SMILES string of the molecule is CNC(=O)c1ccc(CNC(C)c2nccnc2C)cc1. The monoisotopic (exact) mass is 284 g/mol. The highest BCUT2D eigenvalue weighted by Crippen LogP contribution is 2.13. The number of amides is 1. The highest BCUT2D eigenvalue weighted by Gasteiger charge is 2.10. The number of benzene rings is 1. The van der Waals surface area contributed by atoms with E-state index in [2.05, 4.69) is 27.5 Å². The van der Waals surface area contributed by atoms with Crippen molar-refractivity contribution >= 4 is 5.91 Å². The summed E-state index contributed by atoms with van der Waals surface area (Å²) in [5.41, 5.74) is 3.68. The van der Waals surface area contributed by atoms with Crippen molar-refractivity contribution in [3.8, 4) is 0 Å². The molecule has 1 aromatic carbocycles. The van der Waals surface area contributed by atoms with E-state index in [1.54, 1.807) is 19.4 Å². The summed E-state index contributed by atoms with van der Waals surface area (Å²) in [6, 6.07) is 7.68. The van der Waals surface area contributed by atoms with Crippen LogP contribution < -0.4 is 10.6 Å². The van der Waals surface area contributed by atoms with Crippen LogP contribution in [0.1, 0.15) is 40.3 Å². The van der Waals surface area contributed by atoms with E-state index in [4.69, 9.17) is 0 Å². The quantitative estimate of drug-likeness (QED) is 0.881. The van der Waals surface area contributed by atoms with E-state index in [1.807, 2.05) is 31.2 Å². The molecule has 0 saturated carbocycles. The highest BCUT2D eigenvalue weighted by molar-refractivity contribution is 5.93. The Morgan fingerprint density at radius 3 is 2.48 bits per heavy atom. The largest absolute Gasteiger partial charge is 0.355 e. The molecule has 2 aromatic rings. The van der Waals surface area contributed by atoms with E-state index in [1.165, 1.54) is 0 Å². The molecule has 1 amide bonds. The van der Waals surface area contributed by atoms with Crippen molar-refractivity contribution in [1.29, 1.82) is 0 Å². The smallest absolute Gasteiger partial charge is 0.251 e. The van der Waals surface area contributed by atoms with Crippen molar-refractivity contribution in [2.45, 2.75) is 26.4 Å². The highest BCUT2D eigenvalue weighted by atomic mass is 16.1. The Balaban J connectivity index is 1.97. The van der Waals surface area contributed by atoms with Crippen molar-refractivity contribution in [3.63, 3.8) is 0 Å². The normalized spacial score (nSPS) is 12.0. The van der Waals surface area contributed by atoms with Crippen molar-refractivity contribution in [3.05, 3.63) is 59.2 Å². The maximum Gasteiger partial charge on any atom is 0.251 e. The Bertz CT molecular complexity index is 610. The topological polar surface area (TPSA) is 66.9 Å². The maximum absolute atomic E-state index is 11.5. The number of nitrogens with zero attached hydrogens (tertiary/aromatic N) is 2. The van der Waals surface area contributed by atoms with Gasteiger partial charge in [-0.2, -0.15) is 0 Å². The Kier molecular flexibility index (Phi) is 5.00. The molecule has 0 spiro atoms. The van der Waals surface area contributed by atoms with Crippen LogP contribution >= 0.6 is 0 Å². The number of rotatable bonds is 5. The molecule has 1 heterocycles. The Hall–Kier alpha value is -2.27. The number of carbonyl (C=O) groups excluding carboxylic acids is 1. The van der Waals surface area contributed by atoms with Gasteiger partial charge in [-0.1, -0.05) is 12.1 Å². The molecule has 0 bridgehead atoms. The summed E-state index contributed by atoms with van der Waals surface area (Å²) in [7, 11) is 1.63. The fraction of sp³-hybridized carbons (Fsp3) is 0.312. The van der Waals surface area contributed by atoms with Gasteiger partial charge in [-0.3, -0.25) is 14.8 Å². The lowest BCUT2D eigenvalue weighted by Gasteiger charge is -2.15. The summed E-state index contributed by atoms with van der Waals surface area (Å²) in [5.74, 6) is -0.0712. The van der Waals surface area contributed by atoms with Crippen LogP contribution in [0.15, 0.2) is 36.7 Å². The molecule has 0 fully saturated rings. The predicted octanol–water partition coefficient (Wildman–Crippen LogP) is 2.00.